The van der Waals surface area contributed by atoms with Gasteiger partial charge < -0.3 is 14.4 Å². The minimum Gasteiger partial charge on any atom is -0.593 e. The second-order valence-corrected chi connectivity index (χ2v) is 7.64. The molecule has 0 bridgehead atoms. The number of nitriles is 1. The monoisotopic (exact) mass is 386 g/mol. The van der Waals surface area contributed by atoms with Gasteiger partial charge in [0, 0.05) is 24.3 Å². The SMILES string of the molecule is C[S+]([O-])NC1=CN(Cc2cccc(Cl)c2)CN1Cc1ccc(C#N)cc1. The smallest absolute Gasteiger partial charge is 0.164 e. The zero-order chi connectivity index (χ0) is 18.5. The highest BCUT2D eigenvalue weighted by molar-refractivity contribution is 7.88. The Labute approximate surface area is 161 Å². The van der Waals surface area contributed by atoms with Crippen molar-refractivity contribution in [3.63, 3.8) is 0 Å². The fourth-order valence-electron chi connectivity index (χ4n) is 2.83. The summed E-state index contributed by atoms with van der Waals surface area (Å²) in [5.74, 6) is 0.817. The number of hydrogen-bond donors (Lipinski definition) is 1. The summed E-state index contributed by atoms with van der Waals surface area (Å²) in [6.07, 6.45) is 3.59. The van der Waals surface area contributed by atoms with E-state index in [2.05, 4.69) is 20.6 Å². The first kappa shape index (κ1) is 18.5. The van der Waals surface area contributed by atoms with Crippen molar-refractivity contribution < 1.29 is 4.55 Å². The van der Waals surface area contributed by atoms with Gasteiger partial charge >= 0.3 is 0 Å². The van der Waals surface area contributed by atoms with Crippen molar-refractivity contribution in [2.24, 2.45) is 0 Å². The average Bonchev–Trinajstić information content (AvgIpc) is 2.96. The van der Waals surface area contributed by atoms with Gasteiger partial charge in [-0.25, -0.2) is 0 Å². The second kappa shape index (κ2) is 8.37. The van der Waals surface area contributed by atoms with Crippen molar-refractivity contribution in [2.45, 2.75) is 13.1 Å². The van der Waals surface area contributed by atoms with Crippen LogP contribution in [-0.2, 0) is 24.5 Å². The Balaban J connectivity index is 1.72. The molecule has 5 nitrogen and oxygen atoms in total. The van der Waals surface area contributed by atoms with Crippen molar-refractivity contribution in [2.75, 3.05) is 12.9 Å². The molecule has 0 spiro atoms. The highest BCUT2D eigenvalue weighted by atomic mass is 35.5. The lowest BCUT2D eigenvalue weighted by molar-refractivity contribution is 0.240. The van der Waals surface area contributed by atoms with Crippen LogP contribution in [0.5, 0.6) is 0 Å². The lowest BCUT2D eigenvalue weighted by Gasteiger charge is -2.24. The van der Waals surface area contributed by atoms with Gasteiger partial charge in [-0.3, -0.25) is 0 Å². The van der Waals surface area contributed by atoms with E-state index >= 15 is 0 Å². The predicted molar refractivity (Wildman–Crippen MR) is 104 cm³/mol. The van der Waals surface area contributed by atoms with Crippen LogP contribution in [0.1, 0.15) is 16.7 Å². The molecule has 0 aromatic heterocycles. The van der Waals surface area contributed by atoms with Crippen molar-refractivity contribution in [1.29, 1.82) is 5.26 Å². The molecule has 1 unspecified atom stereocenters. The summed E-state index contributed by atoms with van der Waals surface area (Å²) in [6.45, 7) is 2.05. The average molecular weight is 387 g/mol. The number of benzene rings is 2. The fourth-order valence-corrected chi connectivity index (χ4v) is 3.52. The van der Waals surface area contributed by atoms with Gasteiger partial charge in [-0.15, -0.1) is 0 Å². The Morgan fingerprint density at radius 3 is 2.62 bits per heavy atom. The second-order valence-electron chi connectivity index (χ2n) is 6.10. The van der Waals surface area contributed by atoms with Crippen LogP contribution in [-0.4, -0.2) is 27.3 Å². The normalized spacial score (nSPS) is 14.8. The van der Waals surface area contributed by atoms with E-state index in [1.54, 1.807) is 6.26 Å². The first-order valence-electron chi connectivity index (χ1n) is 8.08. The third-order valence-corrected chi connectivity index (χ3v) is 4.71. The number of nitrogens with zero attached hydrogens (tertiary/aromatic N) is 3. The molecule has 0 saturated heterocycles. The zero-order valence-corrected chi connectivity index (χ0v) is 15.9. The zero-order valence-electron chi connectivity index (χ0n) is 14.4. The van der Waals surface area contributed by atoms with Crippen LogP contribution in [0.4, 0.5) is 0 Å². The summed E-state index contributed by atoms with van der Waals surface area (Å²) in [5.41, 5.74) is 2.84. The Kier molecular flexibility index (Phi) is 5.94. The summed E-state index contributed by atoms with van der Waals surface area (Å²) >= 11 is 4.91. The minimum absolute atomic E-state index is 0.640. The largest absolute Gasteiger partial charge is 0.593 e. The molecule has 134 valence electrons. The lowest BCUT2D eigenvalue weighted by Crippen LogP contribution is -2.33. The third kappa shape index (κ3) is 4.85. The van der Waals surface area contributed by atoms with E-state index in [0.717, 1.165) is 16.9 Å². The van der Waals surface area contributed by atoms with E-state index in [9.17, 15) is 4.55 Å². The molecule has 0 amide bonds. The van der Waals surface area contributed by atoms with Crippen LogP contribution in [0, 0.1) is 11.3 Å². The molecule has 1 aliphatic heterocycles. The van der Waals surface area contributed by atoms with Crippen LogP contribution < -0.4 is 4.72 Å². The lowest BCUT2D eigenvalue weighted by atomic mass is 10.1. The molecule has 26 heavy (non-hydrogen) atoms. The molecule has 0 fully saturated rings. The molecule has 7 heteroatoms. The molecule has 2 aromatic carbocycles. The van der Waals surface area contributed by atoms with Crippen molar-refractivity contribution in [1.82, 2.24) is 14.5 Å². The minimum atomic E-state index is -1.16. The van der Waals surface area contributed by atoms with Gasteiger partial charge in [0.2, 0.25) is 0 Å². The van der Waals surface area contributed by atoms with Crippen LogP contribution >= 0.6 is 11.6 Å². The quantitative estimate of drug-likeness (QED) is 0.772. The molecule has 0 saturated carbocycles. The summed E-state index contributed by atoms with van der Waals surface area (Å²) in [4.78, 5) is 4.26. The maximum Gasteiger partial charge on any atom is 0.164 e. The van der Waals surface area contributed by atoms with Gasteiger partial charge in [-0.2, -0.15) is 9.98 Å². The highest BCUT2D eigenvalue weighted by Crippen LogP contribution is 2.21. The number of halogens is 1. The van der Waals surface area contributed by atoms with Gasteiger partial charge in [0.15, 0.2) is 5.82 Å². The molecular weight excluding hydrogens is 368 g/mol. The Morgan fingerprint density at radius 1 is 1.19 bits per heavy atom. The van der Waals surface area contributed by atoms with Crippen molar-refractivity contribution >= 4 is 23.0 Å². The molecule has 1 heterocycles. The van der Waals surface area contributed by atoms with Gasteiger partial charge in [-0.1, -0.05) is 35.9 Å². The van der Waals surface area contributed by atoms with Crippen molar-refractivity contribution in [3.05, 3.63) is 82.3 Å². The first-order valence-corrected chi connectivity index (χ1v) is 10.0. The molecule has 2 aromatic rings. The maximum atomic E-state index is 11.7. The number of nitrogens with one attached hydrogen (secondary N) is 1. The topological polar surface area (TPSA) is 65.4 Å². The first-order chi connectivity index (χ1) is 12.5. The molecule has 1 atom stereocenters. The fraction of sp³-hybridized carbons (Fsp3) is 0.211. The van der Waals surface area contributed by atoms with Gasteiger partial charge in [0.25, 0.3) is 0 Å². The van der Waals surface area contributed by atoms with Gasteiger partial charge in [-0.05, 0) is 35.4 Å². The third-order valence-electron chi connectivity index (χ3n) is 3.98. The van der Waals surface area contributed by atoms with Crippen LogP contribution in [0.2, 0.25) is 5.02 Å². The molecule has 1 N–H and O–H groups in total. The predicted octanol–water partition coefficient (Wildman–Crippen LogP) is 3.17. The van der Waals surface area contributed by atoms with E-state index in [0.29, 0.717) is 30.3 Å². The van der Waals surface area contributed by atoms with Crippen molar-refractivity contribution in [3.8, 4) is 6.07 Å². The Morgan fingerprint density at radius 2 is 1.96 bits per heavy atom. The summed E-state index contributed by atoms with van der Waals surface area (Å²) in [5, 5.41) is 9.63. The maximum absolute atomic E-state index is 11.7. The van der Waals surface area contributed by atoms with Gasteiger partial charge in [0.1, 0.15) is 6.26 Å². The number of hydrogen-bond acceptors (Lipinski definition) is 5. The molecule has 3 rings (SSSR count). The van der Waals surface area contributed by atoms with Crippen LogP contribution in [0.15, 0.2) is 60.6 Å². The van der Waals surface area contributed by atoms with E-state index in [-0.39, 0.29) is 0 Å². The Bertz CT molecular complexity index is 832. The summed E-state index contributed by atoms with van der Waals surface area (Å²) in [6, 6.07) is 17.4. The highest BCUT2D eigenvalue weighted by Gasteiger charge is 2.23. The van der Waals surface area contributed by atoms with Crippen LogP contribution in [0.3, 0.4) is 0 Å². The van der Waals surface area contributed by atoms with E-state index in [4.69, 9.17) is 16.9 Å². The molecule has 0 radical (unpaired) electrons. The number of rotatable bonds is 6. The molecular formula is C19H19ClN4OS. The summed E-state index contributed by atoms with van der Waals surface area (Å²) in [7, 11) is 0. The van der Waals surface area contributed by atoms with Crippen LogP contribution in [0.25, 0.3) is 0 Å². The van der Waals surface area contributed by atoms with E-state index in [1.165, 1.54) is 0 Å². The van der Waals surface area contributed by atoms with E-state index < -0.39 is 11.4 Å². The summed E-state index contributed by atoms with van der Waals surface area (Å²) < 4.78 is 14.7. The Hall–Kier alpha value is -2.33. The molecule has 0 aliphatic carbocycles. The standard InChI is InChI=1S/C19H19ClN4OS/c1-26(25)22-19-13-23(11-17-3-2-4-18(20)9-17)14-24(19)12-16-7-5-15(10-21)6-8-16/h2-9,13,22H,11-12,14H2,1H3. The van der Waals surface area contributed by atoms with E-state index in [1.807, 2.05) is 54.7 Å². The molecule has 1 aliphatic rings. The van der Waals surface area contributed by atoms with Gasteiger partial charge in [0.05, 0.1) is 29.7 Å².